The first-order valence-electron chi connectivity index (χ1n) is 10.2. The minimum absolute atomic E-state index is 0.0618. The molecule has 0 spiro atoms. The number of nitrogens with zero attached hydrogens (tertiary/aromatic N) is 3. The van der Waals surface area contributed by atoms with Crippen molar-refractivity contribution in [2.24, 2.45) is 11.7 Å². The maximum atomic E-state index is 14.2. The first kappa shape index (κ1) is 20.2. The molecule has 1 saturated carbocycles. The summed E-state index contributed by atoms with van der Waals surface area (Å²) in [4.78, 5) is 2.17. The van der Waals surface area contributed by atoms with E-state index in [2.05, 4.69) is 15.3 Å². The minimum Gasteiger partial charge on any atom is -0.326 e. The van der Waals surface area contributed by atoms with Crippen LogP contribution >= 0.6 is 0 Å². The Morgan fingerprint density at radius 3 is 2.63 bits per heavy atom. The highest BCUT2D eigenvalue weighted by Gasteiger charge is 2.42. The van der Waals surface area contributed by atoms with Gasteiger partial charge in [-0.15, -0.1) is 0 Å². The second-order valence-electron chi connectivity index (χ2n) is 8.70. The van der Waals surface area contributed by atoms with Crippen LogP contribution in [0.1, 0.15) is 36.9 Å². The Labute approximate surface area is 172 Å². The molecule has 1 aromatic rings. The molecule has 2 aliphatic heterocycles. The van der Waals surface area contributed by atoms with E-state index in [1.54, 1.807) is 6.20 Å². The molecule has 30 heavy (non-hydrogen) atoms. The Kier molecular flexibility index (Phi) is 4.84. The van der Waals surface area contributed by atoms with Gasteiger partial charge in [-0.05, 0) is 19.3 Å². The lowest BCUT2D eigenvalue weighted by Gasteiger charge is -2.42. The summed E-state index contributed by atoms with van der Waals surface area (Å²) in [5.41, 5.74) is 7.93. The van der Waals surface area contributed by atoms with Crippen molar-refractivity contribution in [3.63, 3.8) is 0 Å². The molecule has 1 aromatic heterocycles. The van der Waals surface area contributed by atoms with Gasteiger partial charge in [-0.25, -0.2) is 21.6 Å². The van der Waals surface area contributed by atoms with Crippen molar-refractivity contribution in [3.8, 4) is 0 Å². The highest BCUT2D eigenvalue weighted by molar-refractivity contribution is 7.90. The molecule has 4 aliphatic rings. The predicted molar refractivity (Wildman–Crippen MR) is 104 cm³/mol. The molecule has 2 aliphatic carbocycles. The molecule has 164 valence electrons. The summed E-state index contributed by atoms with van der Waals surface area (Å²) in [7, 11) is -3.38. The summed E-state index contributed by atoms with van der Waals surface area (Å²) in [6, 6.07) is -0.842. The van der Waals surface area contributed by atoms with Crippen molar-refractivity contribution in [2.45, 2.75) is 62.1 Å². The summed E-state index contributed by atoms with van der Waals surface area (Å²) >= 11 is 0. The van der Waals surface area contributed by atoms with Crippen molar-refractivity contribution >= 4 is 10.0 Å². The lowest BCUT2D eigenvalue weighted by Crippen LogP contribution is -2.60. The predicted octanol–water partition coefficient (Wildman–Crippen LogP) is 1.62. The van der Waals surface area contributed by atoms with Crippen LogP contribution in [0.5, 0.6) is 0 Å². The van der Waals surface area contributed by atoms with E-state index in [0.29, 0.717) is 45.0 Å². The average molecular weight is 443 g/mol. The molecule has 0 amide bonds. The number of hydrogen-bond donors (Lipinski definition) is 2. The Hall–Kier alpha value is -1.69. The minimum atomic E-state index is -3.38. The Balaban J connectivity index is 1.22. The van der Waals surface area contributed by atoms with Gasteiger partial charge in [0.25, 0.3) is 10.0 Å². The lowest BCUT2D eigenvalue weighted by atomic mass is 9.82. The van der Waals surface area contributed by atoms with E-state index in [9.17, 15) is 21.6 Å². The fourth-order valence-corrected chi connectivity index (χ4v) is 6.26. The van der Waals surface area contributed by atoms with E-state index in [-0.39, 0.29) is 17.7 Å². The van der Waals surface area contributed by atoms with Gasteiger partial charge in [-0.2, -0.15) is 9.19 Å². The van der Waals surface area contributed by atoms with Crippen LogP contribution in [0.3, 0.4) is 0 Å². The van der Waals surface area contributed by atoms with E-state index < -0.39 is 45.5 Å². The quantitative estimate of drug-likeness (QED) is 0.735. The molecular weight excluding hydrogens is 419 g/mol. The van der Waals surface area contributed by atoms with Crippen LogP contribution in [0.25, 0.3) is 0 Å². The number of piperidine rings is 1. The summed E-state index contributed by atoms with van der Waals surface area (Å²) in [5.74, 6) is -3.60. The maximum absolute atomic E-state index is 14.2. The van der Waals surface area contributed by atoms with Crippen molar-refractivity contribution < 1.29 is 21.6 Å². The molecule has 0 bridgehead atoms. The van der Waals surface area contributed by atoms with E-state index in [0.717, 1.165) is 15.3 Å². The van der Waals surface area contributed by atoms with Crippen molar-refractivity contribution in [3.05, 3.63) is 41.0 Å². The molecule has 2 fully saturated rings. The highest BCUT2D eigenvalue weighted by atomic mass is 32.2. The topological polar surface area (TPSA) is 93.2 Å². The molecule has 1 saturated heterocycles. The van der Waals surface area contributed by atoms with Crippen LogP contribution in [0.4, 0.5) is 13.2 Å². The van der Waals surface area contributed by atoms with Gasteiger partial charge in [0.1, 0.15) is 11.7 Å². The van der Waals surface area contributed by atoms with E-state index in [1.807, 2.05) is 0 Å². The first-order chi connectivity index (χ1) is 14.2. The Bertz CT molecular complexity index is 1010. The van der Waals surface area contributed by atoms with Gasteiger partial charge < -0.3 is 11.1 Å². The summed E-state index contributed by atoms with van der Waals surface area (Å²) in [6.07, 6.45) is 3.83. The van der Waals surface area contributed by atoms with Gasteiger partial charge in [-0.1, -0.05) is 0 Å². The number of aromatic nitrogens is 2. The molecule has 11 heteroatoms. The lowest BCUT2D eigenvalue weighted by molar-refractivity contribution is 0.121. The van der Waals surface area contributed by atoms with Gasteiger partial charge in [0.2, 0.25) is 0 Å². The molecule has 7 nitrogen and oxygen atoms in total. The molecule has 5 rings (SSSR count). The zero-order valence-corrected chi connectivity index (χ0v) is 17.1. The number of halogens is 3. The maximum Gasteiger partial charge on any atom is 0.256 e. The van der Waals surface area contributed by atoms with Crippen LogP contribution in [0.2, 0.25) is 0 Å². The van der Waals surface area contributed by atoms with Crippen LogP contribution in [0, 0.1) is 5.92 Å². The first-order valence-corrected chi connectivity index (χ1v) is 11.7. The molecule has 3 N–H and O–H groups in total. The second-order valence-corrected chi connectivity index (χ2v) is 10.8. The normalized spacial score (nSPS) is 33.0. The largest absolute Gasteiger partial charge is 0.326 e. The number of fused-ring (bicyclic) bond motifs is 1. The van der Waals surface area contributed by atoms with Gasteiger partial charge in [0.15, 0.2) is 5.83 Å². The zero-order valence-electron chi connectivity index (χ0n) is 16.3. The van der Waals surface area contributed by atoms with Crippen molar-refractivity contribution in [1.82, 2.24) is 19.4 Å². The molecule has 0 aromatic carbocycles. The fraction of sp³-hybridized carbons (Fsp3) is 0.632. The summed E-state index contributed by atoms with van der Waals surface area (Å²) in [6.45, 7) is 1.62. The van der Waals surface area contributed by atoms with Crippen molar-refractivity contribution in [1.29, 1.82) is 0 Å². The van der Waals surface area contributed by atoms with E-state index in [1.165, 1.54) is 0 Å². The van der Waals surface area contributed by atoms with E-state index >= 15 is 0 Å². The number of rotatable bonds is 4. The van der Waals surface area contributed by atoms with Crippen LogP contribution in [-0.4, -0.2) is 52.4 Å². The average Bonchev–Trinajstić information content (AvgIpc) is 3.36. The van der Waals surface area contributed by atoms with Gasteiger partial charge in [-0.3, -0.25) is 4.90 Å². The third-order valence-corrected chi connectivity index (χ3v) is 8.63. The summed E-state index contributed by atoms with van der Waals surface area (Å²) in [5, 5.41) is 7.21. The standard InChI is InChI=1S/C19H24F3N5O2S/c20-14-5-16(22)15(21)4-13(14)19-17(23)3-11(6-24-19)26-7-10-8-27(25-18(10)9-26)30(28,29)12-1-2-12/h5,8,11-13,17,19,24H,1-4,6-7,9,23H2/t11?,13?,17?,19-/m1/s1. The Morgan fingerprint density at radius 2 is 1.97 bits per heavy atom. The Morgan fingerprint density at radius 1 is 1.20 bits per heavy atom. The number of allylic oxidation sites excluding steroid dienone is 3. The molecular formula is C19H24F3N5O2S. The van der Waals surface area contributed by atoms with Crippen LogP contribution in [-0.2, 0) is 23.1 Å². The SMILES string of the molecule is NC1CC(N2Cc3cn(S(=O)(=O)C4CC4)nc3C2)CN[C@@H]1C1CC(F)=C(F)C=C1F. The second kappa shape index (κ2) is 7.18. The number of nitrogens with two attached hydrogens (primary N) is 1. The van der Waals surface area contributed by atoms with Crippen LogP contribution in [0.15, 0.2) is 29.8 Å². The molecule has 3 unspecified atom stereocenters. The third kappa shape index (κ3) is 3.41. The van der Waals surface area contributed by atoms with Gasteiger partial charge >= 0.3 is 0 Å². The third-order valence-electron chi connectivity index (χ3n) is 6.61. The number of nitrogens with one attached hydrogen (secondary N) is 1. The zero-order chi connectivity index (χ0) is 21.2. The van der Waals surface area contributed by atoms with Crippen molar-refractivity contribution in [2.75, 3.05) is 6.54 Å². The highest BCUT2D eigenvalue weighted by Crippen LogP contribution is 2.37. The number of hydrogen-bond acceptors (Lipinski definition) is 6. The molecule has 0 radical (unpaired) electrons. The summed E-state index contributed by atoms with van der Waals surface area (Å²) < 4.78 is 67.0. The van der Waals surface area contributed by atoms with Crippen LogP contribution < -0.4 is 11.1 Å². The fourth-order valence-electron chi connectivity index (χ4n) is 4.74. The van der Waals surface area contributed by atoms with E-state index in [4.69, 9.17) is 5.73 Å². The smallest absolute Gasteiger partial charge is 0.256 e. The molecule has 4 atom stereocenters. The monoisotopic (exact) mass is 443 g/mol. The molecule has 3 heterocycles. The van der Waals surface area contributed by atoms with Gasteiger partial charge in [0, 0.05) is 67.9 Å². The van der Waals surface area contributed by atoms with Gasteiger partial charge in [0.05, 0.1) is 10.9 Å².